The van der Waals surface area contributed by atoms with E-state index in [1.807, 2.05) is 0 Å². The summed E-state index contributed by atoms with van der Waals surface area (Å²) >= 11 is 0. The van der Waals surface area contributed by atoms with Crippen LogP contribution >= 0.6 is 12.4 Å². The Kier molecular flexibility index (Phi) is 5.95. The minimum absolute atomic E-state index is 0. The van der Waals surface area contributed by atoms with E-state index in [0.29, 0.717) is 5.56 Å². The van der Waals surface area contributed by atoms with Crippen LogP contribution in [0.25, 0.3) is 0 Å². The smallest absolute Gasteiger partial charge is 0.130 e. The number of nitrogens with one attached hydrogen (secondary N) is 2. The van der Waals surface area contributed by atoms with Crippen molar-refractivity contribution in [3.8, 4) is 0 Å². The second-order valence-electron chi connectivity index (χ2n) is 4.36. The molecule has 102 valence electrons. The van der Waals surface area contributed by atoms with Crippen LogP contribution < -0.4 is 10.8 Å². The number of benzene rings is 1. The minimum atomic E-state index is -0.616. The zero-order valence-corrected chi connectivity index (χ0v) is 10.6. The second-order valence-corrected chi connectivity index (χ2v) is 4.36. The van der Waals surface area contributed by atoms with Gasteiger partial charge in [0.15, 0.2) is 0 Å². The Labute approximate surface area is 111 Å². The summed E-state index contributed by atoms with van der Waals surface area (Å²) in [6.07, 6.45) is 1.71. The third-order valence-electron chi connectivity index (χ3n) is 3.29. The molecule has 2 rings (SSSR count). The molecular formula is C12H17ClF2N2O. The predicted octanol–water partition coefficient (Wildman–Crippen LogP) is 2.41. The topological polar surface area (TPSA) is 44.3 Å². The monoisotopic (exact) mass is 278 g/mol. The Hall–Kier alpha value is -0.750. The molecule has 0 aliphatic carbocycles. The summed E-state index contributed by atoms with van der Waals surface area (Å²) in [6.45, 7) is 1.71. The highest BCUT2D eigenvalue weighted by molar-refractivity contribution is 5.85. The van der Waals surface area contributed by atoms with E-state index in [4.69, 9.17) is 0 Å². The maximum absolute atomic E-state index is 13.6. The van der Waals surface area contributed by atoms with Gasteiger partial charge in [-0.05, 0) is 37.9 Å². The molecule has 3 N–H and O–H groups in total. The largest absolute Gasteiger partial charge is 0.317 e. The molecule has 1 aliphatic rings. The lowest BCUT2D eigenvalue weighted by atomic mass is 9.86. The van der Waals surface area contributed by atoms with Crippen LogP contribution in [-0.4, -0.2) is 18.3 Å². The van der Waals surface area contributed by atoms with Crippen molar-refractivity contribution in [3.05, 3.63) is 35.4 Å². The van der Waals surface area contributed by atoms with Crippen LogP contribution in [0.1, 0.15) is 24.4 Å². The molecule has 1 atom stereocenters. The summed E-state index contributed by atoms with van der Waals surface area (Å²) in [7, 11) is 0. The number of hydrogen-bond acceptors (Lipinski definition) is 3. The number of piperidine rings is 1. The standard InChI is InChI=1S/C12H16F2N2O.ClH/c13-9-1-2-10(11(14)7-9)12(16-17)8-3-5-15-6-4-8;/h1-2,7-8,12,15-17H,3-6H2;1H. The Morgan fingerprint density at radius 3 is 2.50 bits per heavy atom. The van der Waals surface area contributed by atoms with Gasteiger partial charge in [-0.15, -0.1) is 12.4 Å². The molecule has 1 aliphatic heterocycles. The first-order valence-electron chi connectivity index (χ1n) is 5.77. The van der Waals surface area contributed by atoms with E-state index in [0.717, 1.165) is 32.0 Å². The van der Waals surface area contributed by atoms with Gasteiger partial charge < -0.3 is 10.5 Å². The van der Waals surface area contributed by atoms with Gasteiger partial charge >= 0.3 is 0 Å². The van der Waals surface area contributed by atoms with Crippen molar-refractivity contribution in [2.24, 2.45) is 5.92 Å². The van der Waals surface area contributed by atoms with Crippen molar-refractivity contribution < 1.29 is 14.0 Å². The van der Waals surface area contributed by atoms with Gasteiger partial charge in [-0.1, -0.05) is 6.07 Å². The van der Waals surface area contributed by atoms with Crippen molar-refractivity contribution in [2.75, 3.05) is 13.1 Å². The van der Waals surface area contributed by atoms with Crippen LogP contribution in [0.4, 0.5) is 8.78 Å². The lowest BCUT2D eigenvalue weighted by molar-refractivity contribution is 0.0845. The normalized spacial score (nSPS) is 18.2. The van der Waals surface area contributed by atoms with Gasteiger partial charge in [0.25, 0.3) is 0 Å². The van der Waals surface area contributed by atoms with Crippen LogP contribution in [0.5, 0.6) is 0 Å². The summed E-state index contributed by atoms with van der Waals surface area (Å²) in [5, 5.41) is 12.4. The van der Waals surface area contributed by atoms with Crippen molar-refractivity contribution in [3.63, 3.8) is 0 Å². The highest BCUT2D eigenvalue weighted by Crippen LogP contribution is 2.30. The summed E-state index contributed by atoms with van der Waals surface area (Å²) in [6, 6.07) is 2.98. The summed E-state index contributed by atoms with van der Waals surface area (Å²) in [5.41, 5.74) is 2.48. The zero-order valence-electron chi connectivity index (χ0n) is 9.83. The molecular weight excluding hydrogens is 262 g/mol. The molecule has 1 aromatic carbocycles. The first-order chi connectivity index (χ1) is 8.22. The van der Waals surface area contributed by atoms with Gasteiger partial charge in [0.1, 0.15) is 11.6 Å². The molecule has 0 spiro atoms. The molecule has 1 unspecified atom stereocenters. The second kappa shape index (κ2) is 6.99. The van der Waals surface area contributed by atoms with Crippen molar-refractivity contribution in [2.45, 2.75) is 18.9 Å². The van der Waals surface area contributed by atoms with Crippen LogP contribution in [0.3, 0.4) is 0 Å². The fraction of sp³-hybridized carbons (Fsp3) is 0.500. The number of hydrogen-bond donors (Lipinski definition) is 3. The van der Waals surface area contributed by atoms with E-state index in [-0.39, 0.29) is 18.3 Å². The number of rotatable bonds is 3. The third-order valence-corrected chi connectivity index (χ3v) is 3.29. The minimum Gasteiger partial charge on any atom is -0.317 e. The molecule has 0 saturated carbocycles. The summed E-state index contributed by atoms with van der Waals surface area (Å²) in [4.78, 5) is 0. The Morgan fingerprint density at radius 2 is 1.94 bits per heavy atom. The van der Waals surface area contributed by atoms with Gasteiger partial charge in [0.2, 0.25) is 0 Å². The lowest BCUT2D eigenvalue weighted by Gasteiger charge is -2.30. The third kappa shape index (κ3) is 3.38. The molecule has 0 amide bonds. The average Bonchev–Trinajstić information content (AvgIpc) is 2.34. The molecule has 1 fully saturated rings. The molecule has 0 bridgehead atoms. The molecule has 6 heteroatoms. The average molecular weight is 279 g/mol. The van der Waals surface area contributed by atoms with Crippen molar-refractivity contribution in [1.82, 2.24) is 10.8 Å². The lowest BCUT2D eigenvalue weighted by Crippen LogP contribution is -2.35. The quantitative estimate of drug-likeness (QED) is 0.744. The summed E-state index contributed by atoms with van der Waals surface area (Å²) < 4.78 is 26.5. The van der Waals surface area contributed by atoms with Crippen molar-refractivity contribution >= 4 is 12.4 Å². The molecule has 1 heterocycles. The van der Waals surface area contributed by atoms with Gasteiger partial charge in [0, 0.05) is 11.6 Å². The van der Waals surface area contributed by atoms with Crippen LogP contribution in [0, 0.1) is 17.6 Å². The van der Waals surface area contributed by atoms with Crippen LogP contribution in [-0.2, 0) is 0 Å². The molecule has 18 heavy (non-hydrogen) atoms. The molecule has 3 nitrogen and oxygen atoms in total. The number of halogens is 3. The van der Waals surface area contributed by atoms with Crippen molar-refractivity contribution in [1.29, 1.82) is 0 Å². The van der Waals surface area contributed by atoms with Crippen LogP contribution in [0.2, 0.25) is 0 Å². The highest BCUT2D eigenvalue weighted by Gasteiger charge is 2.26. The highest BCUT2D eigenvalue weighted by atomic mass is 35.5. The summed E-state index contributed by atoms with van der Waals surface area (Å²) in [5.74, 6) is -1.07. The van der Waals surface area contributed by atoms with Gasteiger partial charge in [0.05, 0.1) is 6.04 Å². The fourth-order valence-electron chi connectivity index (χ4n) is 2.36. The van der Waals surface area contributed by atoms with Gasteiger partial charge in [-0.25, -0.2) is 8.78 Å². The van der Waals surface area contributed by atoms with E-state index in [9.17, 15) is 14.0 Å². The van der Waals surface area contributed by atoms with E-state index in [2.05, 4.69) is 10.8 Å². The molecule has 1 aromatic rings. The Bertz CT molecular complexity index is 386. The van der Waals surface area contributed by atoms with Gasteiger partial charge in [-0.2, -0.15) is 5.48 Å². The molecule has 0 radical (unpaired) electrons. The van der Waals surface area contributed by atoms with E-state index >= 15 is 0 Å². The Morgan fingerprint density at radius 1 is 1.28 bits per heavy atom. The van der Waals surface area contributed by atoms with Crippen LogP contribution in [0.15, 0.2) is 18.2 Å². The van der Waals surface area contributed by atoms with Gasteiger partial charge in [-0.3, -0.25) is 0 Å². The Balaban J connectivity index is 0.00000162. The maximum atomic E-state index is 13.6. The molecule has 1 saturated heterocycles. The maximum Gasteiger partial charge on any atom is 0.130 e. The zero-order chi connectivity index (χ0) is 12.3. The predicted molar refractivity (Wildman–Crippen MR) is 66.9 cm³/mol. The first-order valence-corrected chi connectivity index (χ1v) is 5.77. The fourth-order valence-corrected chi connectivity index (χ4v) is 2.36. The van der Waals surface area contributed by atoms with E-state index < -0.39 is 17.7 Å². The van der Waals surface area contributed by atoms with E-state index in [1.165, 1.54) is 12.1 Å². The SMILES string of the molecule is Cl.ONC(c1ccc(F)cc1F)C1CCNCC1. The van der Waals surface area contributed by atoms with E-state index in [1.54, 1.807) is 0 Å². The molecule has 0 aromatic heterocycles. The number of hydroxylamine groups is 1. The first kappa shape index (κ1) is 15.3.